The van der Waals surface area contributed by atoms with Crippen LogP contribution in [-0.2, 0) is 0 Å². The van der Waals surface area contributed by atoms with E-state index in [1.54, 1.807) is 18.9 Å². The van der Waals surface area contributed by atoms with E-state index in [-0.39, 0.29) is 0 Å². The van der Waals surface area contributed by atoms with Gasteiger partial charge in [-0.2, -0.15) is 0 Å². The molecule has 1 aromatic carbocycles. The first-order chi connectivity index (χ1) is 7.36. The fourth-order valence-electron chi connectivity index (χ4n) is 1.04. The molecule has 8 heteroatoms. The molecule has 1 rings (SSSR count). The number of rotatable bonds is 3. The monoisotopic (exact) mass is 256 g/mol. The van der Waals surface area contributed by atoms with Crippen molar-refractivity contribution in [2.24, 2.45) is 0 Å². The number of hydrogen-bond acceptors (Lipinski definition) is 2. The summed E-state index contributed by atoms with van der Waals surface area (Å²) < 4.78 is 64.4. The van der Waals surface area contributed by atoms with Gasteiger partial charge in [-0.3, -0.25) is 0 Å². The van der Waals surface area contributed by atoms with E-state index < -0.39 is 40.7 Å². The van der Waals surface area contributed by atoms with E-state index in [4.69, 9.17) is 0 Å². The molecule has 0 saturated heterocycles. The van der Waals surface area contributed by atoms with Crippen molar-refractivity contribution in [1.29, 1.82) is 0 Å². The molecule has 0 aliphatic heterocycles. The summed E-state index contributed by atoms with van der Waals surface area (Å²) in [5.41, 5.74) is 0. The highest BCUT2D eigenvalue weighted by Gasteiger charge is 2.24. The molecule has 16 heavy (non-hydrogen) atoms. The molecule has 0 bridgehead atoms. The second-order valence-electron chi connectivity index (χ2n) is 3.63. The molecule has 1 aromatic rings. The summed E-state index contributed by atoms with van der Waals surface area (Å²) in [6.07, 6.45) is 0. The fraction of sp³-hybridized carbons (Fsp3) is 0.250. The van der Waals surface area contributed by atoms with Gasteiger partial charge in [0.05, 0.1) is 6.69 Å². The second-order valence-corrected chi connectivity index (χ2v) is 4.81. The van der Waals surface area contributed by atoms with E-state index in [1.165, 1.54) is 0 Å². The van der Waals surface area contributed by atoms with E-state index in [0.29, 0.717) is 11.6 Å². The Morgan fingerprint density at radius 1 is 0.812 bits per heavy atom. The minimum absolute atomic E-state index is 0.673. The van der Waals surface area contributed by atoms with Crippen molar-refractivity contribution in [1.82, 2.24) is 4.81 Å². The summed E-state index contributed by atoms with van der Waals surface area (Å²) in [6, 6.07) is 0. The van der Waals surface area contributed by atoms with Crippen LogP contribution < -0.4 is 0 Å². The smallest absolute Gasteiger partial charge is 0.200 e. The van der Waals surface area contributed by atoms with Crippen molar-refractivity contribution in [3.8, 4) is 0 Å². The minimum atomic E-state index is -2.12. The SMILES string of the molecule is CN(C)[BH2-]Sc1c(F)c(F)c(F)c(F)c1F. The maximum atomic E-state index is 13.1. The fourth-order valence-corrected chi connectivity index (χ4v) is 2.12. The Kier molecular flexibility index (Phi) is 4.20. The van der Waals surface area contributed by atoms with Gasteiger partial charge in [0.2, 0.25) is 5.82 Å². The van der Waals surface area contributed by atoms with Crippen LogP contribution in [0.3, 0.4) is 0 Å². The Morgan fingerprint density at radius 3 is 1.56 bits per heavy atom. The maximum absolute atomic E-state index is 13.1. The molecule has 0 aliphatic rings. The molecule has 0 fully saturated rings. The summed E-state index contributed by atoms with van der Waals surface area (Å²) >= 11 is 0.673. The predicted molar refractivity (Wildman–Crippen MR) is 54.3 cm³/mol. The first-order valence-corrected chi connectivity index (χ1v) is 5.62. The molecule has 0 heterocycles. The van der Waals surface area contributed by atoms with Crippen LogP contribution in [0.5, 0.6) is 0 Å². The lowest BCUT2D eigenvalue weighted by atomic mass is 10.3. The van der Waals surface area contributed by atoms with Crippen LogP contribution in [0, 0.1) is 29.1 Å². The van der Waals surface area contributed by atoms with Crippen molar-refractivity contribution in [2.45, 2.75) is 4.90 Å². The van der Waals surface area contributed by atoms with E-state index in [9.17, 15) is 22.0 Å². The Hall–Kier alpha value is -0.755. The van der Waals surface area contributed by atoms with Gasteiger partial charge in [0.1, 0.15) is 0 Å². The number of benzene rings is 1. The molecular weight excluding hydrogens is 248 g/mol. The zero-order chi connectivity index (χ0) is 12.5. The molecule has 0 unspecified atom stereocenters. The van der Waals surface area contributed by atoms with Crippen LogP contribution in [0.25, 0.3) is 0 Å². The lowest BCUT2D eigenvalue weighted by Gasteiger charge is -2.18. The zero-order valence-corrected chi connectivity index (χ0v) is 9.56. The van der Waals surface area contributed by atoms with Crippen LogP contribution in [0.4, 0.5) is 22.0 Å². The highest BCUT2D eigenvalue weighted by atomic mass is 32.2. The van der Waals surface area contributed by atoms with Gasteiger partial charge in [-0.05, 0) is 0 Å². The third kappa shape index (κ3) is 2.49. The van der Waals surface area contributed by atoms with Crippen LogP contribution in [-0.4, -0.2) is 25.6 Å². The largest absolute Gasteiger partial charge is 0.475 e. The second kappa shape index (κ2) is 5.05. The molecule has 0 aliphatic carbocycles. The summed E-state index contributed by atoms with van der Waals surface area (Å²) in [7, 11) is 3.33. The Balaban J connectivity index is 3.18. The van der Waals surface area contributed by atoms with Crippen molar-refractivity contribution >= 4 is 18.3 Å². The van der Waals surface area contributed by atoms with Gasteiger partial charge in [0.15, 0.2) is 23.3 Å². The van der Waals surface area contributed by atoms with Crippen LogP contribution in [0.15, 0.2) is 4.90 Å². The average molecular weight is 256 g/mol. The van der Waals surface area contributed by atoms with Crippen LogP contribution in [0.2, 0.25) is 0 Å². The minimum Gasteiger partial charge on any atom is -0.475 e. The summed E-state index contributed by atoms with van der Waals surface area (Å²) in [5, 5.41) is 0. The maximum Gasteiger partial charge on any atom is 0.200 e. The molecule has 0 atom stereocenters. The van der Waals surface area contributed by atoms with E-state index in [2.05, 4.69) is 0 Å². The topological polar surface area (TPSA) is 3.24 Å². The van der Waals surface area contributed by atoms with Gasteiger partial charge in [-0.25, -0.2) is 22.0 Å². The predicted octanol–water partition coefficient (Wildman–Crippen LogP) is 2.03. The van der Waals surface area contributed by atoms with Crippen LogP contribution in [0.1, 0.15) is 0 Å². The standard InChI is InChI=1S/C8H8BF5NS/c1-15(2)9-16-8-6(13)4(11)3(10)5(12)7(8)14/h9H2,1-2H3/q-1. The zero-order valence-electron chi connectivity index (χ0n) is 8.75. The Bertz CT molecular complexity index is 383. The molecule has 0 saturated carbocycles. The number of hydrogen-bond donors (Lipinski definition) is 0. The number of halogens is 5. The van der Waals surface area contributed by atoms with Gasteiger partial charge in [0, 0.05) is 4.90 Å². The summed E-state index contributed by atoms with van der Waals surface area (Å²) in [5.74, 6) is -9.43. The van der Waals surface area contributed by atoms with Crippen molar-refractivity contribution < 1.29 is 22.0 Å². The average Bonchev–Trinajstić information content (AvgIpc) is 2.23. The third-order valence-corrected chi connectivity index (χ3v) is 3.51. The van der Waals surface area contributed by atoms with Crippen LogP contribution >= 0.6 is 11.6 Å². The van der Waals surface area contributed by atoms with E-state index in [1.807, 2.05) is 0 Å². The summed E-state index contributed by atoms with van der Waals surface area (Å²) in [6.45, 7) is -1.00. The molecule has 0 N–H and O–H groups in total. The third-order valence-electron chi connectivity index (χ3n) is 1.83. The highest BCUT2D eigenvalue weighted by molar-refractivity contribution is 8.22. The van der Waals surface area contributed by atoms with Gasteiger partial charge in [-0.1, -0.05) is 14.1 Å². The molecule has 0 amide bonds. The Labute approximate surface area is 93.8 Å². The lowest BCUT2D eigenvalue weighted by molar-refractivity contribution is 0.361. The molecule has 0 aromatic heterocycles. The van der Waals surface area contributed by atoms with Crippen molar-refractivity contribution in [3.05, 3.63) is 29.1 Å². The summed E-state index contributed by atoms with van der Waals surface area (Å²) in [4.78, 5) is 0.869. The number of nitrogens with zero attached hydrogens (tertiary/aromatic N) is 1. The molecule has 0 spiro atoms. The van der Waals surface area contributed by atoms with Gasteiger partial charge in [0.25, 0.3) is 0 Å². The lowest BCUT2D eigenvalue weighted by Crippen LogP contribution is -2.15. The molecule has 90 valence electrons. The molecule has 0 radical (unpaired) electrons. The Morgan fingerprint density at radius 2 is 1.19 bits per heavy atom. The van der Waals surface area contributed by atoms with Gasteiger partial charge < -0.3 is 16.4 Å². The highest BCUT2D eigenvalue weighted by Crippen LogP contribution is 2.30. The van der Waals surface area contributed by atoms with E-state index >= 15 is 0 Å². The van der Waals surface area contributed by atoms with Gasteiger partial charge in [-0.15, -0.1) is 0 Å². The normalized spacial score (nSPS) is 11.2. The molecular formula is C8H8BF5NS-. The van der Waals surface area contributed by atoms with Crippen molar-refractivity contribution in [2.75, 3.05) is 14.1 Å². The van der Waals surface area contributed by atoms with Gasteiger partial charge >= 0.3 is 0 Å². The van der Waals surface area contributed by atoms with Crippen molar-refractivity contribution in [3.63, 3.8) is 0 Å². The van der Waals surface area contributed by atoms with E-state index in [0.717, 1.165) is 0 Å². The molecule has 1 nitrogen and oxygen atoms in total. The first kappa shape index (κ1) is 13.3. The first-order valence-electron chi connectivity index (χ1n) is 4.40. The quantitative estimate of drug-likeness (QED) is 0.352.